The van der Waals surface area contributed by atoms with Gasteiger partial charge in [0.1, 0.15) is 0 Å². The molecule has 1 aliphatic heterocycles. The Morgan fingerprint density at radius 2 is 1.74 bits per heavy atom. The van der Waals surface area contributed by atoms with E-state index in [0.29, 0.717) is 22.6 Å². The van der Waals surface area contributed by atoms with Gasteiger partial charge in [-0.15, -0.1) is 0 Å². The minimum atomic E-state index is -0.622. The molecule has 0 saturated heterocycles. The Morgan fingerprint density at radius 1 is 1.04 bits per heavy atom. The fourth-order valence-corrected chi connectivity index (χ4v) is 2.05. The highest BCUT2D eigenvalue weighted by molar-refractivity contribution is 5.99. The summed E-state index contributed by atoms with van der Waals surface area (Å²) >= 11 is 0. The van der Waals surface area contributed by atoms with Crippen molar-refractivity contribution in [1.82, 2.24) is 0 Å². The maximum atomic E-state index is 12.1. The van der Waals surface area contributed by atoms with Gasteiger partial charge in [-0.3, -0.25) is 4.79 Å². The molecule has 0 atom stereocenters. The second-order valence-corrected chi connectivity index (χ2v) is 4.76. The van der Waals surface area contributed by atoms with Crippen LogP contribution >= 0.6 is 0 Å². The number of Topliss-reactive ketones (excluding diaryl/α,β-unsaturated/α-hetero) is 1. The van der Waals surface area contributed by atoms with Crippen LogP contribution in [0.4, 0.5) is 0 Å². The maximum absolute atomic E-state index is 12.1. The van der Waals surface area contributed by atoms with E-state index in [0.717, 1.165) is 0 Å². The van der Waals surface area contributed by atoms with Crippen molar-refractivity contribution in [2.45, 2.75) is 0 Å². The summed E-state index contributed by atoms with van der Waals surface area (Å²) in [5.41, 5.74) is 1.10. The molecule has 6 heteroatoms. The van der Waals surface area contributed by atoms with Crippen LogP contribution in [0.1, 0.15) is 26.3 Å². The molecule has 0 aliphatic carbocycles. The first kappa shape index (κ1) is 14.6. The molecule has 0 fully saturated rings. The fraction of sp³-hybridized carbons (Fsp3) is 0.118. The first-order valence-corrected chi connectivity index (χ1v) is 6.77. The molecule has 0 radical (unpaired) electrons. The topological polar surface area (TPSA) is 85.6 Å². The summed E-state index contributed by atoms with van der Waals surface area (Å²) in [5, 5.41) is 8.71. The maximum Gasteiger partial charge on any atom is 0.338 e. The highest BCUT2D eigenvalue weighted by Crippen LogP contribution is 2.32. The van der Waals surface area contributed by atoms with Crippen molar-refractivity contribution in [2.24, 2.45) is 0 Å². The lowest BCUT2D eigenvalue weighted by atomic mass is 10.1. The summed E-state index contributed by atoms with van der Waals surface area (Å²) in [7, 11) is 0. The Kier molecular flexibility index (Phi) is 3.93. The highest BCUT2D eigenvalue weighted by Gasteiger charge is 2.17. The van der Waals surface area contributed by atoms with E-state index in [9.17, 15) is 9.59 Å². The molecule has 0 bridgehead atoms. The molecule has 2 aromatic carbocycles. The third kappa shape index (κ3) is 3.14. The van der Waals surface area contributed by atoms with Gasteiger partial charge in [0.2, 0.25) is 6.79 Å². The van der Waals surface area contributed by atoms with Gasteiger partial charge in [-0.25, -0.2) is 4.79 Å². The first-order chi connectivity index (χ1) is 11.2. The van der Waals surface area contributed by atoms with Crippen molar-refractivity contribution in [3.63, 3.8) is 0 Å². The molecule has 0 aromatic heterocycles. The number of hydrogen-bond donors (Lipinski definition) is 0. The number of carbonyl (C=O) groups is 2. The van der Waals surface area contributed by atoms with Gasteiger partial charge in [0.25, 0.3) is 0 Å². The molecule has 23 heavy (non-hydrogen) atoms. The number of rotatable bonds is 4. The van der Waals surface area contributed by atoms with Gasteiger partial charge in [-0.1, -0.05) is 0 Å². The molecular formula is C17H11NO5. The summed E-state index contributed by atoms with van der Waals surface area (Å²) < 4.78 is 15.4. The van der Waals surface area contributed by atoms with E-state index in [2.05, 4.69) is 0 Å². The van der Waals surface area contributed by atoms with Crippen LogP contribution in [-0.4, -0.2) is 25.2 Å². The highest BCUT2D eigenvalue weighted by atomic mass is 16.7. The van der Waals surface area contributed by atoms with Crippen molar-refractivity contribution in [3.05, 3.63) is 59.2 Å². The van der Waals surface area contributed by atoms with Crippen LogP contribution in [0.25, 0.3) is 0 Å². The average molecular weight is 309 g/mol. The monoisotopic (exact) mass is 309 g/mol. The molecular weight excluding hydrogens is 298 g/mol. The Labute approximate surface area is 131 Å². The van der Waals surface area contributed by atoms with Gasteiger partial charge < -0.3 is 14.2 Å². The lowest BCUT2D eigenvalue weighted by Crippen LogP contribution is -2.14. The largest absolute Gasteiger partial charge is 0.454 e. The predicted octanol–water partition coefficient (Wildman–Crippen LogP) is 2.33. The summed E-state index contributed by atoms with van der Waals surface area (Å²) in [4.78, 5) is 23.9. The van der Waals surface area contributed by atoms with Crippen molar-refractivity contribution < 1.29 is 23.8 Å². The molecule has 6 nitrogen and oxygen atoms in total. The zero-order valence-electron chi connectivity index (χ0n) is 11.9. The number of ether oxygens (including phenoxy) is 3. The van der Waals surface area contributed by atoms with Gasteiger partial charge >= 0.3 is 5.97 Å². The standard InChI is InChI=1S/C17H11NO5/c18-8-11-1-3-12(4-2-11)17(20)21-9-14(19)13-5-6-15-16(7-13)23-10-22-15/h1-7H,9-10H2. The van der Waals surface area contributed by atoms with Crippen molar-refractivity contribution in [1.29, 1.82) is 5.26 Å². The molecule has 0 N–H and O–H groups in total. The number of nitriles is 1. The molecule has 2 aromatic rings. The van der Waals surface area contributed by atoms with E-state index < -0.39 is 5.97 Å². The molecule has 1 aliphatic rings. The predicted molar refractivity (Wildman–Crippen MR) is 78.3 cm³/mol. The van der Waals surface area contributed by atoms with Gasteiger partial charge in [0.05, 0.1) is 17.2 Å². The van der Waals surface area contributed by atoms with Crippen LogP contribution in [0.5, 0.6) is 11.5 Å². The van der Waals surface area contributed by atoms with Crippen LogP contribution in [0.3, 0.4) is 0 Å². The molecule has 0 spiro atoms. The Morgan fingerprint density at radius 3 is 2.48 bits per heavy atom. The van der Waals surface area contributed by atoms with E-state index in [4.69, 9.17) is 19.5 Å². The first-order valence-electron chi connectivity index (χ1n) is 6.77. The quantitative estimate of drug-likeness (QED) is 0.636. The fourth-order valence-electron chi connectivity index (χ4n) is 2.05. The number of esters is 1. The summed E-state index contributed by atoms with van der Waals surface area (Å²) in [6.45, 7) is -0.251. The molecule has 0 saturated carbocycles. The second kappa shape index (κ2) is 6.20. The number of benzene rings is 2. The van der Waals surface area contributed by atoms with Gasteiger partial charge in [0, 0.05) is 5.56 Å². The van der Waals surface area contributed by atoms with E-state index in [1.165, 1.54) is 24.3 Å². The van der Waals surface area contributed by atoms with Crippen molar-refractivity contribution >= 4 is 11.8 Å². The van der Waals surface area contributed by atoms with E-state index in [1.54, 1.807) is 18.2 Å². The zero-order chi connectivity index (χ0) is 16.2. The minimum Gasteiger partial charge on any atom is -0.454 e. The molecule has 3 rings (SSSR count). The SMILES string of the molecule is N#Cc1ccc(C(=O)OCC(=O)c2ccc3c(c2)OCO3)cc1. The Hall–Kier alpha value is -3.33. The van der Waals surface area contributed by atoms with E-state index in [-0.39, 0.29) is 24.7 Å². The third-order valence-electron chi connectivity index (χ3n) is 3.28. The summed E-state index contributed by atoms with van der Waals surface area (Å²) in [6.07, 6.45) is 0. The smallest absolute Gasteiger partial charge is 0.338 e. The van der Waals surface area contributed by atoms with Crippen molar-refractivity contribution in [2.75, 3.05) is 13.4 Å². The van der Waals surface area contributed by atoms with Crippen LogP contribution in [0, 0.1) is 11.3 Å². The molecule has 114 valence electrons. The minimum absolute atomic E-state index is 0.126. The molecule has 0 unspecified atom stereocenters. The average Bonchev–Trinajstić information content (AvgIpc) is 3.07. The van der Waals surface area contributed by atoms with Gasteiger partial charge in [-0.2, -0.15) is 5.26 Å². The van der Waals surface area contributed by atoms with Crippen LogP contribution < -0.4 is 9.47 Å². The van der Waals surface area contributed by atoms with E-state index >= 15 is 0 Å². The third-order valence-corrected chi connectivity index (χ3v) is 3.28. The second-order valence-electron chi connectivity index (χ2n) is 4.76. The van der Waals surface area contributed by atoms with Crippen molar-refractivity contribution in [3.8, 4) is 17.6 Å². The lowest BCUT2D eigenvalue weighted by molar-refractivity contribution is 0.0474. The summed E-state index contributed by atoms with van der Waals surface area (Å²) in [5.74, 6) is 0.110. The lowest BCUT2D eigenvalue weighted by Gasteiger charge is -2.05. The number of fused-ring (bicyclic) bond motifs is 1. The zero-order valence-corrected chi connectivity index (χ0v) is 11.9. The van der Waals surface area contributed by atoms with Crippen LogP contribution in [0.2, 0.25) is 0 Å². The Bertz CT molecular complexity index is 805. The summed E-state index contributed by atoms with van der Waals surface area (Å²) in [6, 6.07) is 12.7. The number of nitrogens with zero attached hydrogens (tertiary/aromatic N) is 1. The van der Waals surface area contributed by atoms with Crippen LogP contribution in [-0.2, 0) is 4.74 Å². The normalized spacial score (nSPS) is 11.6. The van der Waals surface area contributed by atoms with Crippen LogP contribution in [0.15, 0.2) is 42.5 Å². The van der Waals surface area contributed by atoms with Gasteiger partial charge in [0.15, 0.2) is 23.9 Å². The number of ketones is 1. The number of hydrogen-bond acceptors (Lipinski definition) is 6. The number of carbonyl (C=O) groups excluding carboxylic acids is 2. The molecule has 0 amide bonds. The molecule has 1 heterocycles. The Balaban J connectivity index is 1.62. The van der Waals surface area contributed by atoms with Gasteiger partial charge in [-0.05, 0) is 42.5 Å². The van der Waals surface area contributed by atoms with E-state index in [1.807, 2.05) is 6.07 Å².